The Labute approximate surface area is 133 Å². The topological polar surface area (TPSA) is 67.4 Å². The summed E-state index contributed by atoms with van der Waals surface area (Å²) in [5, 5.41) is 2.76. The summed E-state index contributed by atoms with van der Waals surface area (Å²) in [6, 6.07) is 5.52. The molecule has 3 rings (SSSR count). The van der Waals surface area contributed by atoms with E-state index in [0.717, 1.165) is 12.8 Å². The number of aromatic nitrogens is 2. The highest BCUT2D eigenvalue weighted by molar-refractivity contribution is 5.89. The number of carbonyl (C=O) groups excluding carboxylic acids is 1. The second-order valence-electron chi connectivity index (χ2n) is 5.28. The van der Waals surface area contributed by atoms with Gasteiger partial charge in [0.15, 0.2) is 0 Å². The Morgan fingerprint density at radius 2 is 1.96 bits per heavy atom. The van der Waals surface area contributed by atoms with Crippen LogP contribution in [-0.4, -0.2) is 40.1 Å². The van der Waals surface area contributed by atoms with Crippen LogP contribution in [0.15, 0.2) is 42.9 Å². The highest BCUT2D eigenvalue weighted by atomic mass is 19.1. The molecule has 1 aromatic carbocycles. The number of likely N-dealkylation sites (tertiary alicyclic amines) is 1. The first-order chi connectivity index (χ1) is 11.2. The molecule has 1 aliphatic heterocycles. The number of carbonyl (C=O) groups is 1. The summed E-state index contributed by atoms with van der Waals surface area (Å²) >= 11 is 0. The number of ether oxygens (including phenoxy) is 1. The minimum Gasteiger partial charge on any atom is -0.473 e. The molecule has 0 radical (unpaired) electrons. The Hall–Kier alpha value is -2.70. The smallest absolute Gasteiger partial charge is 0.321 e. The molecule has 1 aromatic heterocycles. The van der Waals surface area contributed by atoms with E-state index in [1.807, 2.05) is 0 Å². The SMILES string of the molecule is O=C(Nc1ccc(F)cc1)N1CCC(Oc2cnccn2)CC1. The molecule has 2 amide bonds. The number of amides is 2. The number of anilines is 1. The fourth-order valence-electron chi connectivity index (χ4n) is 2.43. The lowest BCUT2D eigenvalue weighted by Gasteiger charge is -2.31. The third-order valence-electron chi connectivity index (χ3n) is 3.65. The number of urea groups is 1. The molecule has 0 saturated carbocycles. The number of piperidine rings is 1. The van der Waals surface area contributed by atoms with Crippen LogP contribution >= 0.6 is 0 Å². The van der Waals surface area contributed by atoms with Crippen LogP contribution in [-0.2, 0) is 0 Å². The quantitative estimate of drug-likeness (QED) is 0.945. The molecule has 6 nitrogen and oxygen atoms in total. The van der Waals surface area contributed by atoms with Crippen LogP contribution in [0.2, 0.25) is 0 Å². The summed E-state index contributed by atoms with van der Waals surface area (Å²) in [5.74, 6) is 0.173. The Morgan fingerprint density at radius 1 is 1.22 bits per heavy atom. The molecule has 2 heterocycles. The zero-order valence-electron chi connectivity index (χ0n) is 12.5. The van der Waals surface area contributed by atoms with E-state index in [1.54, 1.807) is 23.5 Å². The minimum absolute atomic E-state index is 0.0292. The van der Waals surface area contributed by atoms with Gasteiger partial charge in [0.1, 0.15) is 11.9 Å². The number of nitrogens with one attached hydrogen (secondary N) is 1. The zero-order chi connectivity index (χ0) is 16.1. The Bertz CT molecular complexity index is 643. The molecular weight excluding hydrogens is 299 g/mol. The predicted molar refractivity (Wildman–Crippen MR) is 82.7 cm³/mol. The highest BCUT2D eigenvalue weighted by Gasteiger charge is 2.24. The molecule has 1 N–H and O–H groups in total. The second kappa shape index (κ2) is 7.04. The van der Waals surface area contributed by atoms with Gasteiger partial charge in [-0.1, -0.05) is 0 Å². The first kappa shape index (κ1) is 15.2. The van der Waals surface area contributed by atoms with Gasteiger partial charge >= 0.3 is 6.03 Å². The van der Waals surface area contributed by atoms with Crippen LogP contribution in [0.4, 0.5) is 14.9 Å². The first-order valence-electron chi connectivity index (χ1n) is 7.45. The summed E-state index contributed by atoms with van der Waals surface area (Å²) in [5.41, 5.74) is 0.578. The maximum Gasteiger partial charge on any atom is 0.321 e. The molecule has 2 aromatic rings. The van der Waals surface area contributed by atoms with E-state index in [-0.39, 0.29) is 18.0 Å². The molecule has 1 saturated heterocycles. The predicted octanol–water partition coefficient (Wildman–Crippen LogP) is 2.69. The van der Waals surface area contributed by atoms with Crippen LogP contribution in [0.1, 0.15) is 12.8 Å². The molecule has 0 atom stereocenters. The number of nitrogens with zero attached hydrogens (tertiary/aromatic N) is 3. The monoisotopic (exact) mass is 316 g/mol. The molecule has 7 heteroatoms. The van der Waals surface area contributed by atoms with Crippen molar-refractivity contribution in [2.75, 3.05) is 18.4 Å². The van der Waals surface area contributed by atoms with Crippen LogP contribution < -0.4 is 10.1 Å². The van der Waals surface area contributed by atoms with Gasteiger partial charge in [0.05, 0.1) is 6.20 Å². The molecule has 0 spiro atoms. The third-order valence-corrected chi connectivity index (χ3v) is 3.65. The van der Waals surface area contributed by atoms with Gasteiger partial charge in [0, 0.05) is 44.0 Å². The van der Waals surface area contributed by atoms with Crippen molar-refractivity contribution < 1.29 is 13.9 Å². The lowest BCUT2D eigenvalue weighted by atomic mass is 10.1. The highest BCUT2D eigenvalue weighted by Crippen LogP contribution is 2.17. The normalized spacial score (nSPS) is 15.3. The summed E-state index contributed by atoms with van der Waals surface area (Å²) in [4.78, 5) is 21.9. The van der Waals surface area contributed by atoms with Gasteiger partial charge < -0.3 is 15.0 Å². The molecule has 0 unspecified atom stereocenters. The number of hydrogen-bond donors (Lipinski definition) is 1. The number of rotatable bonds is 3. The lowest BCUT2D eigenvalue weighted by Crippen LogP contribution is -2.43. The van der Waals surface area contributed by atoms with Crippen LogP contribution in [0.3, 0.4) is 0 Å². The van der Waals surface area contributed by atoms with Crippen molar-refractivity contribution >= 4 is 11.7 Å². The van der Waals surface area contributed by atoms with E-state index < -0.39 is 0 Å². The summed E-state index contributed by atoms with van der Waals surface area (Å²) < 4.78 is 18.6. The number of benzene rings is 1. The summed E-state index contributed by atoms with van der Waals surface area (Å²) in [6.07, 6.45) is 6.24. The molecule has 23 heavy (non-hydrogen) atoms. The largest absolute Gasteiger partial charge is 0.473 e. The van der Waals surface area contributed by atoms with Crippen molar-refractivity contribution in [2.45, 2.75) is 18.9 Å². The van der Waals surface area contributed by atoms with Crippen LogP contribution in [0, 0.1) is 5.82 Å². The van der Waals surface area contributed by atoms with Gasteiger partial charge in [-0.05, 0) is 24.3 Å². The van der Waals surface area contributed by atoms with Crippen molar-refractivity contribution in [3.63, 3.8) is 0 Å². The van der Waals surface area contributed by atoms with E-state index in [0.29, 0.717) is 24.7 Å². The molecule has 0 aliphatic carbocycles. The zero-order valence-corrected chi connectivity index (χ0v) is 12.5. The van der Waals surface area contributed by atoms with E-state index in [9.17, 15) is 9.18 Å². The Kier molecular flexibility index (Phi) is 4.65. The van der Waals surface area contributed by atoms with E-state index in [1.165, 1.54) is 24.3 Å². The van der Waals surface area contributed by atoms with Crippen molar-refractivity contribution in [2.24, 2.45) is 0 Å². The second-order valence-corrected chi connectivity index (χ2v) is 5.28. The van der Waals surface area contributed by atoms with Gasteiger partial charge in [-0.2, -0.15) is 0 Å². The van der Waals surface area contributed by atoms with Crippen molar-refractivity contribution in [1.82, 2.24) is 14.9 Å². The van der Waals surface area contributed by atoms with Gasteiger partial charge in [0.2, 0.25) is 5.88 Å². The van der Waals surface area contributed by atoms with Crippen LogP contribution in [0.25, 0.3) is 0 Å². The average Bonchev–Trinajstić information content (AvgIpc) is 2.58. The minimum atomic E-state index is -0.329. The van der Waals surface area contributed by atoms with Gasteiger partial charge in [-0.25, -0.2) is 14.2 Å². The van der Waals surface area contributed by atoms with Crippen molar-refractivity contribution in [3.8, 4) is 5.88 Å². The van der Waals surface area contributed by atoms with Gasteiger partial charge in [-0.3, -0.25) is 4.98 Å². The maximum absolute atomic E-state index is 12.9. The van der Waals surface area contributed by atoms with Gasteiger partial charge in [-0.15, -0.1) is 0 Å². The summed E-state index contributed by atoms with van der Waals surface area (Å²) in [6.45, 7) is 1.19. The molecule has 1 fully saturated rings. The fourth-order valence-corrected chi connectivity index (χ4v) is 2.43. The van der Waals surface area contributed by atoms with Crippen LogP contribution in [0.5, 0.6) is 5.88 Å². The van der Waals surface area contributed by atoms with E-state index in [2.05, 4.69) is 15.3 Å². The Balaban J connectivity index is 1.48. The van der Waals surface area contributed by atoms with Crippen molar-refractivity contribution in [3.05, 3.63) is 48.7 Å². The number of hydrogen-bond acceptors (Lipinski definition) is 4. The van der Waals surface area contributed by atoms with E-state index >= 15 is 0 Å². The number of halogens is 1. The lowest BCUT2D eigenvalue weighted by molar-refractivity contribution is 0.111. The summed E-state index contributed by atoms with van der Waals surface area (Å²) in [7, 11) is 0. The molecule has 1 aliphatic rings. The fraction of sp³-hybridized carbons (Fsp3) is 0.312. The Morgan fingerprint density at radius 3 is 2.61 bits per heavy atom. The molecule has 120 valence electrons. The first-order valence-corrected chi connectivity index (χ1v) is 7.45. The molecular formula is C16H17FN4O2. The third kappa shape index (κ3) is 4.15. The maximum atomic E-state index is 12.9. The standard InChI is InChI=1S/C16H17FN4O2/c17-12-1-3-13(4-2-12)20-16(22)21-9-5-14(6-10-21)23-15-11-18-7-8-19-15/h1-4,7-8,11,14H,5-6,9-10H2,(H,20,22). The van der Waals surface area contributed by atoms with Gasteiger partial charge in [0.25, 0.3) is 0 Å². The van der Waals surface area contributed by atoms with Crippen molar-refractivity contribution in [1.29, 1.82) is 0 Å². The van der Waals surface area contributed by atoms with E-state index in [4.69, 9.17) is 4.74 Å². The average molecular weight is 316 g/mol. The molecule has 0 bridgehead atoms.